The van der Waals surface area contributed by atoms with Gasteiger partial charge >= 0.3 is 0 Å². The standard InChI is InChI=1S/C40H54O7/c1-24(2)9-12-28-18-35-33(36(19-28)47-39-38(43)40(44,22-41)23-45-39)21-30(14-11-26(5)6)37(46-35)31-16-15-29(13-10-25(3)4)32(20-31)34(42)17-27(7)8/h9-11,15-20,30,34,37-39,41-44H,12-14,21-23H2,1-8H3/t30-,34?,37+,38+,39+,40-/m1/s1. The molecule has 0 spiro atoms. The molecular formula is C40H54O7. The van der Waals surface area contributed by atoms with Crippen molar-refractivity contribution in [3.05, 3.63) is 105 Å². The number of rotatable bonds is 12. The number of hydrogen-bond donors (Lipinski definition) is 4. The van der Waals surface area contributed by atoms with Gasteiger partial charge < -0.3 is 34.6 Å². The monoisotopic (exact) mass is 646 g/mol. The molecule has 4 N–H and O–H groups in total. The van der Waals surface area contributed by atoms with E-state index >= 15 is 0 Å². The lowest BCUT2D eigenvalue weighted by Gasteiger charge is -2.36. The van der Waals surface area contributed by atoms with Crippen LogP contribution in [0.15, 0.2) is 76.9 Å². The van der Waals surface area contributed by atoms with Crippen molar-refractivity contribution < 1.29 is 34.6 Å². The van der Waals surface area contributed by atoms with Gasteiger partial charge in [0.05, 0.1) is 19.3 Å². The highest BCUT2D eigenvalue weighted by Crippen LogP contribution is 2.46. The number of ether oxygens (including phenoxy) is 3. The smallest absolute Gasteiger partial charge is 0.229 e. The molecule has 0 aromatic heterocycles. The summed E-state index contributed by atoms with van der Waals surface area (Å²) in [6, 6.07) is 10.4. The highest BCUT2D eigenvalue weighted by atomic mass is 16.7. The van der Waals surface area contributed by atoms with Crippen LogP contribution in [-0.2, 0) is 24.0 Å². The van der Waals surface area contributed by atoms with Gasteiger partial charge in [0.25, 0.3) is 0 Å². The molecule has 0 radical (unpaired) electrons. The molecule has 47 heavy (non-hydrogen) atoms. The Labute approximate surface area is 280 Å². The van der Waals surface area contributed by atoms with E-state index in [0.29, 0.717) is 24.3 Å². The Morgan fingerprint density at radius 1 is 0.936 bits per heavy atom. The Bertz CT molecular complexity index is 1520. The largest absolute Gasteiger partial charge is 0.485 e. The molecule has 0 saturated carbocycles. The normalized spacial score (nSPS) is 24.0. The summed E-state index contributed by atoms with van der Waals surface area (Å²) in [5.41, 5.74) is 7.68. The Balaban J connectivity index is 1.81. The van der Waals surface area contributed by atoms with Crippen LogP contribution in [0.5, 0.6) is 11.5 Å². The Morgan fingerprint density at radius 2 is 1.62 bits per heavy atom. The van der Waals surface area contributed by atoms with E-state index in [-0.39, 0.29) is 18.6 Å². The van der Waals surface area contributed by atoms with E-state index in [1.54, 1.807) is 0 Å². The zero-order valence-electron chi connectivity index (χ0n) is 29.3. The molecule has 0 amide bonds. The SMILES string of the molecule is CC(C)=CCc1cc(O[C@@H]2OC[C@](O)(CO)[C@H]2O)c2c(c1)O[C@H](c1ccc(CC=C(C)C)c(C(O)C=C(C)C)c1)[C@H](CC=C(C)C)C2. The van der Waals surface area contributed by atoms with Crippen LogP contribution in [-0.4, -0.2) is 51.6 Å². The molecule has 1 fully saturated rings. The van der Waals surface area contributed by atoms with Crippen LogP contribution in [0.3, 0.4) is 0 Å². The van der Waals surface area contributed by atoms with Crippen molar-refractivity contribution in [1.82, 2.24) is 0 Å². The topological polar surface area (TPSA) is 109 Å². The number of aliphatic hydroxyl groups is 4. The van der Waals surface area contributed by atoms with Crippen LogP contribution >= 0.6 is 0 Å². The summed E-state index contributed by atoms with van der Waals surface area (Å²) in [5.74, 6) is 1.27. The zero-order valence-corrected chi connectivity index (χ0v) is 29.3. The van der Waals surface area contributed by atoms with Gasteiger partial charge in [0.2, 0.25) is 6.29 Å². The van der Waals surface area contributed by atoms with Crippen molar-refractivity contribution in [3.8, 4) is 11.5 Å². The third-order valence-electron chi connectivity index (χ3n) is 8.81. The van der Waals surface area contributed by atoms with Gasteiger partial charge in [0, 0.05) is 11.5 Å². The second-order valence-corrected chi connectivity index (χ2v) is 14.2. The fraction of sp³-hybridized carbons (Fsp3) is 0.500. The van der Waals surface area contributed by atoms with Crippen LogP contribution in [0, 0.1) is 5.92 Å². The first-order chi connectivity index (χ1) is 22.2. The minimum atomic E-state index is -1.79. The number of fused-ring (bicyclic) bond motifs is 1. The van der Waals surface area contributed by atoms with Gasteiger partial charge in [-0.1, -0.05) is 58.7 Å². The fourth-order valence-corrected chi connectivity index (χ4v) is 6.05. The molecule has 0 aliphatic carbocycles. The van der Waals surface area contributed by atoms with E-state index in [1.165, 1.54) is 16.7 Å². The first-order valence-corrected chi connectivity index (χ1v) is 16.7. The molecule has 6 atom stereocenters. The van der Waals surface area contributed by atoms with Gasteiger partial charge in [-0.3, -0.25) is 0 Å². The number of benzene rings is 2. The maximum atomic E-state index is 11.3. The highest BCUT2D eigenvalue weighted by Gasteiger charge is 2.49. The summed E-state index contributed by atoms with van der Waals surface area (Å²) < 4.78 is 18.9. The summed E-state index contributed by atoms with van der Waals surface area (Å²) in [6.07, 6.45) is 7.65. The number of hydrogen-bond acceptors (Lipinski definition) is 7. The van der Waals surface area contributed by atoms with Crippen molar-refractivity contribution in [2.24, 2.45) is 5.92 Å². The van der Waals surface area contributed by atoms with Crippen molar-refractivity contribution in [3.63, 3.8) is 0 Å². The minimum absolute atomic E-state index is 0.0456. The van der Waals surface area contributed by atoms with Crippen molar-refractivity contribution in [2.45, 2.75) is 111 Å². The maximum absolute atomic E-state index is 11.3. The third kappa shape index (κ3) is 9.24. The van der Waals surface area contributed by atoms with Crippen LogP contribution in [0.2, 0.25) is 0 Å². The van der Waals surface area contributed by atoms with E-state index in [1.807, 2.05) is 26.0 Å². The molecule has 1 unspecified atom stereocenters. The van der Waals surface area contributed by atoms with Gasteiger partial charge in [0.15, 0.2) is 0 Å². The minimum Gasteiger partial charge on any atom is -0.485 e. The molecule has 2 aliphatic rings. The summed E-state index contributed by atoms with van der Waals surface area (Å²) >= 11 is 0. The Morgan fingerprint density at radius 3 is 2.23 bits per heavy atom. The Hall–Kier alpha value is -3.20. The lowest BCUT2D eigenvalue weighted by atomic mass is 9.82. The maximum Gasteiger partial charge on any atom is 0.229 e. The predicted octanol–water partition coefficient (Wildman–Crippen LogP) is 7.17. The van der Waals surface area contributed by atoms with Crippen LogP contribution in [0.4, 0.5) is 0 Å². The quantitative estimate of drug-likeness (QED) is 0.181. The molecule has 0 bridgehead atoms. The summed E-state index contributed by atoms with van der Waals surface area (Å²) in [5, 5.41) is 42.4. The molecule has 7 nitrogen and oxygen atoms in total. The molecule has 7 heteroatoms. The summed E-state index contributed by atoms with van der Waals surface area (Å²) in [6.45, 7) is 15.6. The molecule has 1 saturated heterocycles. The summed E-state index contributed by atoms with van der Waals surface area (Å²) in [7, 11) is 0. The second-order valence-electron chi connectivity index (χ2n) is 14.2. The van der Waals surface area contributed by atoms with Gasteiger partial charge in [-0.2, -0.15) is 0 Å². The average Bonchev–Trinajstić information content (AvgIpc) is 3.30. The van der Waals surface area contributed by atoms with Crippen molar-refractivity contribution in [1.29, 1.82) is 0 Å². The molecule has 256 valence electrons. The van der Waals surface area contributed by atoms with Gasteiger partial charge in [-0.05, 0) is 122 Å². The van der Waals surface area contributed by atoms with Crippen molar-refractivity contribution in [2.75, 3.05) is 13.2 Å². The molecule has 2 aromatic rings. The fourth-order valence-electron chi connectivity index (χ4n) is 6.05. The van der Waals surface area contributed by atoms with Crippen LogP contribution < -0.4 is 9.47 Å². The average molecular weight is 647 g/mol. The number of allylic oxidation sites excluding steroid dienone is 7. The predicted molar refractivity (Wildman–Crippen MR) is 187 cm³/mol. The van der Waals surface area contributed by atoms with E-state index in [4.69, 9.17) is 14.2 Å². The molecule has 2 heterocycles. The lowest BCUT2D eigenvalue weighted by molar-refractivity contribution is -0.116. The first-order valence-electron chi connectivity index (χ1n) is 16.7. The molecular weight excluding hydrogens is 592 g/mol. The van der Waals surface area contributed by atoms with Crippen LogP contribution in [0.25, 0.3) is 0 Å². The molecule has 4 rings (SSSR count). The van der Waals surface area contributed by atoms with E-state index in [2.05, 4.69) is 84.0 Å². The Kier molecular flexibility index (Phi) is 12.3. The third-order valence-corrected chi connectivity index (χ3v) is 8.81. The van der Waals surface area contributed by atoms with Crippen molar-refractivity contribution >= 4 is 0 Å². The summed E-state index contributed by atoms with van der Waals surface area (Å²) in [4.78, 5) is 0. The molecule has 2 aliphatic heterocycles. The van der Waals surface area contributed by atoms with E-state index < -0.39 is 30.7 Å². The second kappa shape index (κ2) is 15.8. The van der Waals surface area contributed by atoms with Gasteiger partial charge in [0.1, 0.15) is 29.3 Å². The number of aliphatic hydroxyl groups excluding tert-OH is 3. The van der Waals surface area contributed by atoms with E-state index in [9.17, 15) is 20.4 Å². The van der Waals surface area contributed by atoms with E-state index in [0.717, 1.165) is 46.2 Å². The zero-order chi connectivity index (χ0) is 34.5. The first kappa shape index (κ1) is 36.6. The highest BCUT2D eigenvalue weighted by molar-refractivity contribution is 5.51. The van der Waals surface area contributed by atoms with Gasteiger partial charge in [-0.15, -0.1) is 0 Å². The molecule has 2 aromatic carbocycles. The van der Waals surface area contributed by atoms with Gasteiger partial charge in [-0.25, -0.2) is 0 Å². The van der Waals surface area contributed by atoms with Crippen LogP contribution in [0.1, 0.15) is 102 Å². The lowest BCUT2D eigenvalue weighted by Crippen LogP contribution is -2.48.